The quantitative estimate of drug-likeness (QED) is 0.238. The molecule has 0 bridgehead atoms. The Morgan fingerprint density at radius 2 is 1.09 bits per heavy atom. The van der Waals surface area contributed by atoms with Crippen LogP contribution in [0.2, 0.25) is 0 Å². The van der Waals surface area contributed by atoms with Crippen LogP contribution in [-0.2, 0) is 0 Å². The predicted octanol–water partition coefficient (Wildman–Crippen LogP) is 8.94. The molecule has 0 aliphatic rings. The second-order valence-corrected chi connectivity index (χ2v) is 8.39. The average molecular weight is 431 g/mol. The first-order valence-electron chi connectivity index (χ1n) is 12.4. The fourth-order valence-electron chi connectivity index (χ4n) is 3.89. The highest BCUT2D eigenvalue weighted by Gasteiger charge is 2.13. The van der Waals surface area contributed by atoms with Crippen LogP contribution in [0.5, 0.6) is 11.5 Å². The Kier molecular flexibility index (Phi) is 10.2. The van der Waals surface area contributed by atoms with E-state index in [9.17, 15) is 0 Å². The van der Waals surface area contributed by atoms with Crippen molar-refractivity contribution in [2.75, 3.05) is 13.2 Å². The Morgan fingerprint density at radius 1 is 0.500 bits per heavy atom. The zero-order valence-corrected chi connectivity index (χ0v) is 19.8. The second kappa shape index (κ2) is 13.6. The summed E-state index contributed by atoms with van der Waals surface area (Å²) in [4.78, 5) is 0. The number of ether oxygens (including phenoxy) is 2. The SMILES string of the molecule is CCCCCCOc1cccc(-c2ccc(-c3ccccc3)cc2)c1OCCCCCC. The summed E-state index contributed by atoms with van der Waals surface area (Å²) in [5, 5.41) is 0. The van der Waals surface area contributed by atoms with Crippen molar-refractivity contribution in [3.05, 3.63) is 72.8 Å². The van der Waals surface area contributed by atoms with E-state index in [0.29, 0.717) is 0 Å². The van der Waals surface area contributed by atoms with Crippen molar-refractivity contribution in [3.8, 4) is 33.8 Å². The maximum absolute atomic E-state index is 6.34. The van der Waals surface area contributed by atoms with Gasteiger partial charge in [-0.2, -0.15) is 0 Å². The zero-order chi connectivity index (χ0) is 22.4. The van der Waals surface area contributed by atoms with E-state index in [2.05, 4.69) is 80.6 Å². The molecular formula is C30H38O2. The van der Waals surface area contributed by atoms with Crippen LogP contribution in [0.25, 0.3) is 22.3 Å². The lowest BCUT2D eigenvalue weighted by Crippen LogP contribution is -2.04. The standard InChI is InChI=1S/C30H38O2/c1-3-5-7-12-23-31-29-18-14-17-28(30(29)32-24-13-8-6-4-2)27-21-19-26(20-22-27)25-15-10-9-11-16-25/h9-11,14-22H,3-8,12-13,23-24H2,1-2H3. The monoisotopic (exact) mass is 430 g/mol. The van der Waals surface area contributed by atoms with Gasteiger partial charge in [-0.05, 0) is 35.6 Å². The van der Waals surface area contributed by atoms with E-state index >= 15 is 0 Å². The minimum Gasteiger partial charge on any atom is -0.490 e. The summed E-state index contributed by atoms with van der Waals surface area (Å²) in [6, 6.07) is 25.5. The molecule has 0 N–H and O–H groups in total. The van der Waals surface area contributed by atoms with Crippen LogP contribution in [0.3, 0.4) is 0 Å². The number of benzene rings is 3. The lowest BCUT2D eigenvalue weighted by molar-refractivity contribution is 0.259. The Morgan fingerprint density at radius 3 is 1.75 bits per heavy atom. The molecular weight excluding hydrogens is 392 g/mol. The van der Waals surface area contributed by atoms with Crippen LogP contribution in [0.15, 0.2) is 72.8 Å². The van der Waals surface area contributed by atoms with Gasteiger partial charge >= 0.3 is 0 Å². The lowest BCUT2D eigenvalue weighted by atomic mass is 9.99. The molecule has 0 atom stereocenters. The van der Waals surface area contributed by atoms with Crippen molar-refractivity contribution in [2.24, 2.45) is 0 Å². The van der Waals surface area contributed by atoms with Crippen molar-refractivity contribution in [2.45, 2.75) is 65.2 Å². The van der Waals surface area contributed by atoms with Crippen molar-refractivity contribution < 1.29 is 9.47 Å². The third-order valence-electron chi connectivity index (χ3n) is 5.78. The van der Waals surface area contributed by atoms with Crippen LogP contribution in [0.1, 0.15) is 65.2 Å². The van der Waals surface area contributed by atoms with Crippen LogP contribution >= 0.6 is 0 Å². The molecule has 3 aromatic carbocycles. The summed E-state index contributed by atoms with van der Waals surface area (Å²) in [6.07, 6.45) is 9.56. The van der Waals surface area contributed by atoms with Gasteiger partial charge in [0.15, 0.2) is 11.5 Å². The maximum atomic E-state index is 6.34. The number of hydrogen-bond donors (Lipinski definition) is 0. The second-order valence-electron chi connectivity index (χ2n) is 8.39. The molecule has 2 nitrogen and oxygen atoms in total. The number of hydrogen-bond acceptors (Lipinski definition) is 2. The molecule has 170 valence electrons. The molecule has 0 fully saturated rings. The minimum absolute atomic E-state index is 0.727. The summed E-state index contributed by atoms with van der Waals surface area (Å²) in [7, 11) is 0. The fraction of sp³-hybridized carbons (Fsp3) is 0.400. The highest BCUT2D eigenvalue weighted by Crippen LogP contribution is 2.39. The van der Waals surface area contributed by atoms with Crippen LogP contribution < -0.4 is 9.47 Å². The molecule has 0 aliphatic heterocycles. The molecule has 2 heteroatoms. The molecule has 0 unspecified atom stereocenters. The highest BCUT2D eigenvalue weighted by atomic mass is 16.5. The van der Waals surface area contributed by atoms with Crippen molar-refractivity contribution in [3.63, 3.8) is 0 Å². The molecule has 0 saturated heterocycles. The van der Waals surface area contributed by atoms with Crippen molar-refractivity contribution >= 4 is 0 Å². The van der Waals surface area contributed by atoms with Gasteiger partial charge in [-0.3, -0.25) is 0 Å². The van der Waals surface area contributed by atoms with Crippen LogP contribution in [0, 0.1) is 0 Å². The Hall–Kier alpha value is -2.74. The largest absolute Gasteiger partial charge is 0.490 e. The Balaban J connectivity index is 1.78. The van der Waals surface area contributed by atoms with Gasteiger partial charge in [-0.15, -0.1) is 0 Å². The molecule has 0 aliphatic carbocycles. The minimum atomic E-state index is 0.727. The Bertz CT molecular complexity index is 900. The van der Waals surface area contributed by atoms with Crippen LogP contribution in [0.4, 0.5) is 0 Å². The first-order chi connectivity index (χ1) is 15.8. The summed E-state index contributed by atoms with van der Waals surface area (Å²) in [5.41, 5.74) is 4.71. The van der Waals surface area contributed by atoms with Crippen LogP contribution in [-0.4, -0.2) is 13.2 Å². The lowest BCUT2D eigenvalue weighted by Gasteiger charge is -2.17. The van der Waals surface area contributed by atoms with Gasteiger partial charge in [0.2, 0.25) is 0 Å². The number of rotatable bonds is 14. The molecule has 32 heavy (non-hydrogen) atoms. The van der Waals surface area contributed by atoms with Gasteiger partial charge in [-0.25, -0.2) is 0 Å². The molecule has 0 heterocycles. The number of unbranched alkanes of at least 4 members (excludes halogenated alkanes) is 6. The predicted molar refractivity (Wildman–Crippen MR) is 137 cm³/mol. The first kappa shape index (κ1) is 23.9. The highest BCUT2D eigenvalue weighted by molar-refractivity contribution is 5.76. The smallest absolute Gasteiger partial charge is 0.168 e. The first-order valence-corrected chi connectivity index (χ1v) is 12.4. The summed E-state index contributed by atoms with van der Waals surface area (Å²) >= 11 is 0. The van der Waals surface area contributed by atoms with E-state index in [4.69, 9.17) is 9.47 Å². The fourth-order valence-corrected chi connectivity index (χ4v) is 3.89. The normalized spacial score (nSPS) is 10.8. The molecule has 0 aromatic heterocycles. The zero-order valence-electron chi connectivity index (χ0n) is 19.8. The molecule has 0 spiro atoms. The molecule has 0 amide bonds. The van der Waals surface area contributed by atoms with Gasteiger partial charge in [0.05, 0.1) is 13.2 Å². The van der Waals surface area contributed by atoms with E-state index in [-0.39, 0.29) is 0 Å². The van der Waals surface area contributed by atoms with Gasteiger partial charge in [0.25, 0.3) is 0 Å². The number of para-hydroxylation sites is 1. The van der Waals surface area contributed by atoms with E-state index in [1.165, 1.54) is 49.7 Å². The van der Waals surface area contributed by atoms with Gasteiger partial charge in [0, 0.05) is 5.56 Å². The summed E-state index contributed by atoms with van der Waals surface area (Å²) < 4.78 is 12.5. The maximum Gasteiger partial charge on any atom is 0.168 e. The van der Waals surface area contributed by atoms with E-state index in [0.717, 1.165) is 48.7 Å². The van der Waals surface area contributed by atoms with Crippen molar-refractivity contribution in [1.82, 2.24) is 0 Å². The van der Waals surface area contributed by atoms with Gasteiger partial charge in [0.1, 0.15) is 0 Å². The van der Waals surface area contributed by atoms with E-state index in [1.54, 1.807) is 0 Å². The Labute approximate surface area is 194 Å². The summed E-state index contributed by atoms with van der Waals surface area (Å²) in [5.74, 6) is 1.74. The molecule has 3 aromatic rings. The van der Waals surface area contributed by atoms with Crippen molar-refractivity contribution in [1.29, 1.82) is 0 Å². The van der Waals surface area contributed by atoms with Gasteiger partial charge in [-0.1, -0.05) is 119 Å². The molecule has 0 radical (unpaired) electrons. The van der Waals surface area contributed by atoms with Gasteiger partial charge < -0.3 is 9.47 Å². The van der Waals surface area contributed by atoms with E-state index in [1.807, 2.05) is 6.07 Å². The molecule has 3 rings (SSSR count). The average Bonchev–Trinajstić information content (AvgIpc) is 2.85. The summed E-state index contributed by atoms with van der Waals surface area (Å²) in [6.45, 7) is 5.94. The van der Waals surface area contributed by atoms with E-state index < -0.39 is 0 Å². The molecule has 0 saturated carbocycles. The third kappa shape index (κ3) is 7.15. The third-order valence-corrected chi connectivity index (χ3v) is 5.78. The topological polar surface area (TPSA) is 18.5 Å².